The van der Waals surface area contributed by atoms with Crippen molar-refractivity contribution in [2.45, 2.75) is 32.6 Å². The molecule has 0 atom stereocenters. The van der Waals surface area contributed by atoms with E-state index in [2.05, 4.69) is 24.4 Å². The van der Waals surface area contributed by atoms with Crippen LogP contribution in [0.3, 0.4) is 0 Å². The summed E-state index contributed by atoms with van der Waals surface area (Å²) in [5.41, 5.74) is 3.84. The number of nitrogens with one attached hydrogen (secondary N) is 1. The van der Waals surface area contributed by atoms with Crippen LogP contribution in [0.4, 0.5) is 11.4 Å². The lowest BCUT2D eigenvalue weighted by Gasteiger charge is -2.16. The normalized spacial score (nSPS) is 14.0. The summed E-state index contributed by atoms with van der Waals surface area (Å²) in [5.74, 6) is 0.0960. The van der Waals surface area contributed by atoms with Crippen LogP contribution in [-0.4, -0.2) is 18.4 Å². The zero-order valence-corrected chi connectivity index (χ0v) is 13.9. The molecular formula is C20H22N2O2. The van der Waals surface area contributed by atoms with E-state index in [-0.39, 0.29) is 11.8 Å². The van der Waals surface area contributed by atoms with Crippen LogP contribution in [0.15, 0.2) is 48.5 Å². The van der Waals surface area contributed by atoms with E-state index < -0.39 is 0 Å². The average Bonchev–Trinajstić information content (AvgIpc) is 3.02. The fourth-order valence-corrected chi connectivity index (χ4v) is 2.96. The second-order valence-corrected chi connectivity index (χ2v) is 6.09. The Balaban J connectivity index is 1.64. The van der Waals surface area contributed by atoms with Crippen LogP contribution in [0, 0.1) is 0 Å². The molecule has 0 aromatic heterocycles. The third kappa shape index (κ3) is 3.82. The fourth-order valence-electron chi connectivity index (χ4n) is 2.96. The summed E-state index contributed by atoms with van der Waals surface area (Å²) < 4.78 is 0. The van der Waals surface area contributed by atoms with Crippen LogP contribution in [0.2, 0.25) is 0 Å². The number of hydrogen-bond acceptors (Lipinski definition) is 2. The SMILES string of the molecule is CCc1ccc(CC(=O)Nc2cccc(N3CCCC3=O)c2)cc1. The van der Waals surface area contributed by atoms with Crippen molar-refractivity contribution in [3.05, 3.63) is 59.7 Å². The van der Waals surface area contributed by atoms with Gasteiger partial charge in [0.15, 0.2) is 0 Å². The second-order valence-electron chi connectivity index (χ2n) is 6.09. The molecule has 1 N–H and O–H groups in total. The minimum atomic E-state index is -0.0517. The van der Waals surface area contributed by atoms with Crippen molar-refractivity contribution in [2.75, 3.05) is 16.8 Å². The molecule has 0 spiro atoms. The molecule has 1 heterocycles. The smallest absolute Gasteiger partial charge is 0.228 e. The lowest BCUT2D eigenvalue weighted by molar-refractivity contribution is -0.117. The van der Waals surface area contributed by atoms with Crippen LogP contribution in [-0.2, 0) is 22.4 Å². The Labute approximate surface area is 142 Å². The van der Waals surface area contributed by atoms with Crippen molar-refractivity contribution >= 4 is 23.2 Å². The van der Waals surface area contributed by atoms with E-state index in [1.807, 2.05) is 36.4 Å². The highest BCUT2D eigenvalue weighted by molar-refractivity contribution is 5.97. The standard InChI is InChI=1S/C20H22N2O2/c1-2-15-8-10-16(11-9-15)13-19(23)21-17-5-3-6-18(14-17)22-12-4-7-20(22)24/h3,5-6,8-11,14H,2,4,7,12-13H2,1H3,(H,21,23). The summed E-state index contributed by atoms with van der Waals surface area (Å²) in [6.07, 6.45) is 2.83. The number of carbonyl (C=O) groups excluding carboxylic acids is 2. The Bertz CT molecular complexity index is 738. The molecule has 1 aliphatic rings. The summed E-state index contributed by atoms with van der Waals surface area (Å²) in [4.78, 5) is 25.9. The Morgan fingerprint density at radius 2 is 1.88 bits per heavy atom. The van der Waals surface area contributed by atoms with Crippen molar-refractivity contribution < 1.29 is 9.59 Å². The Kier molecular flexibility index (Phi) is 4.94. The predicted molar refractivity (Wildman–Crippen MR) is 96.2 cm³/mol. The van der Waals surface area contributed by atoms with Crippen molar-refractivity contribution in [3.8, 4) is 0 Å². The predicted octanol–water partition coefficient (Wildman–Crippen LogP) is 3.56. The van der Waals surface area contributed by atoms with Gasteiger partial charge in [0.05, 0.1) is 6.42 Å². The van der Waals surface area contributed by atoms with Crippen LogP contribution < -0.4 is 10.2 Å². The third-order valence-electron chi connectivity index (χ3n) is 4.31. The van der Waals surface area contributed by atoms with Gasteiger partial charge in [-0.15, -0.1) is 0 Å². The summed E-state index contributed by atoms with van der Waals surface area (Å²) in [5, 5.41) is 2.92. The first-order valence-electron chi connectivity index (χ1n) is 8.44. The highest BCUT2D eigenvalue weighted by Crippen LogP contribution is 2.24. The number of aryl methyl sites for hydroxylation is 1. The number of anilines is 2. The minimum absolute atomic E-state index is 0.0517. The van der Waals surface area contributed by atoms with Gasteiger partial charge in [0.2, 0.25) is 11.8 Å². The number of carbonyl (C=O) groups is 2. The molecule has 1 fully saturated rings. The quantitative estimate of drug-likeness (QED) is 0.915. The van der Waals surface area contributed by atoms with E-state index in [1.165, 1.54) is 5.56 Å². The molecule has 24 heavy (non-hydrogen) atoms. The maximum absolute atomic E-state index is 12.2. The molecule has 4 heteroatoms. The molecular weight excluding hydrogens is 300 g/mol. The van der Waals surface area contributed by atoms with Crippen LogP contribution in [0.25, 0.3) is 0 Å². The van der Waals surface area contributed by atoms with Crippen LogP contribution in [0.5, 0.6) is 0 Å². The van der Waals surface area contributed by atoms with Crippen LogP contribution in [0.1, 0.15) is 30.9 Å². The molecule has 1 aliphatic heterocycles. The molecule has 0 saturated carbocycles. The number of benzene rings is 2. The second kappa shape index (κ2) is 7.30. The molecule has 3 rings (SSSR count). The summed E-state index contributed by atoms with van der Waals surface area (Å²) in [7, 11) is 0. The minimum Gasteiger partial charge on any atom is -0.326 e. The van der Waals surface area contributed by atoms with E-state index in [0.29, 0.717) is 12.8 Å². The van der Waals surface area contributed by atoms with E-state index in [0.717, 1.165) is 36.3 Å². The van der Waals surface area contributed by atoms with E-state index in [4.69, 9.17) is 0 Å². The highest BCUT2D eigenvalue weighted by Gasteiger charge is 2.21. The molecule has 0 aliphatic carbocycles. The zero-order chi connectivity index (χ0) is 16.9. The molecule has 124 valence electrons. The Hall–Kier alpha value is -2.62. The number of rotatable bonds is 5. The molecule has 4 nitrogen and oxygen atoms in total. The first kappa shape index (κ1) is 16.2. The summed E-state index contributed by atoms with van der Waals surface area (Å²) in [6, 6.07) is 15.6. The molecule has 0 radical (unpaired) electrons. The lowest BCUT2D eigenvalue weighted by atomic mass is 10.1. The van der Waals surface area contributed by atoms with Gasteiger partial charge in [-0.05, 0) is 42.2 Å². The molecule has 0 unspecified atom stereocenters. The fraction of sp³-hybridized carbons (Fsp3) is 0.300. The van der Waals surface area contributed by atoms with Crippen molar-refractivity contribution in [1.82, 2.24) is 0 Å². The first-order valence-corrected chi connectivity index (χ1v) is 8.44. The molecule has 1 saturated heterocycles. The van der Waals surface area contributed by atoms with Gasteiger partial charge in [-0.1, -0.05) is 37.3 Å². The monoisotopic (exact) mass is 322 g/mol. The third-order valence-corrected chi connectivity index (χ3v) is 4.31. The van der Waals surface area contributed by atoms with Gasteiger partial charge in [-0.25, -0.2) is 0 Å². The molecule has 2 amide bonds. The maximum Gasteiger partial charge on any atom is 0.228 e. The number of nitrogens with zero attached hydrogens (tertiary/aromatic N) is 1. The van der Waals surface area contributed by atoms with Gasteiger partial charge in [-0.3, -0.25) is 9.59 Å². The van der Waals surface area contributed by atoms with Gasteiger partial charge >= 0.3 is 0 Å². The van der Waals surface area contributed by atoms with Gasteiger partial charge < -0.3 is 10.2 Å². The summed E-state index contributed by atoms with van der Waals surface area (Å²) >= 11 is 0. The topological polar surface area (TPSA) is 49.4 Å². The van der Waals surface area contributed by atoms with E-state index in [9.17, 15) is 9.59 Å². The average molecular weight is 322 g/mol. The maximum atomic E-state index is 12.2. The van der Waals surface area contributed by atoms with Crippen LogP contribution >= 0.6 is 0 Å². The number of hydrogen-bond donors (Lipinski definition) is 1. The zero-order valence-electron chi connectivity index (χ0n) is 13.9. The van der Waals surface area contributed by atoms with E-state index >= 15 is 0 Å². The van der Waals surface area contributed by atoms with Crippen molar-refractivity contribution in [1.29, 1.82) is 0 Å². The molecule has 2 aromatic carbocycles. The lowest BCUT2D eigenvalue weighted by Crippen LogP contribution is -2.23. The Morgan fingerprint density at radius 3 is 2.54 bits per heavy atom. The largest absolute Gasteiger partial charge is 0.326 e. The first-order chi connectivity index (χ1) is 11.7. The molecule has 2 aromatic rings. The molecule has 0 bridgehead atoms. The van der Waals surface area contributed by atoms with Gasteiger partial charge in [0.1, 0.15) is 0 Å². The van der Waals surface area contributed by atoms with Crippen molar-refractivity contribution in [3.63, 3.8) is 0 Å². The van der Waals surface area contributed by atoms with Crippen molar-refractivity contribution in [2.24, 2.45) is 0 Å². The van der Waals surface area contributed by atoms with Gasteiger partial charge in [0.25, 0.3) is 0 Å². The van der Waals surface area contributed by atoms with Gasteiger partial charge in [-0.2, -0.15) is 0 Å². The van der Waals surface area contributed by atoms with E-state index in [1.54, 1.807) is 4.90 Å². The van der Waals surface area contributed by atoms with Gasteiger partial charge in [0, 0.05) is 24.3 Å². The highest BCUT2D eigenvalue weighted by atomic mass is 16.2. The Morgan fingerprint density at radius 1 is 1.12 bits per heavy atom. The number of amides is 2. The summed E-state index contributed by atoms with van der Waals surface area (Å²) in [6.45, 7) is 2.86.